The van der Waals surface area contributed by atoms with Crippen LogP contribution in [0.5, 0.6) is 0 Å². The summed E-state index contributed by atoms with van der Waals surface area (Å²) >= 11 is 0. The molecular formula is C16H19FN4O. The van der Waals surface area contributed by atoms with Crippen molar-refractivity contribution in [3.8, 4) is 0 Å². The first kappa shape index (κ1) is 14.7. The predicted octanol–water partition coefficient (Wildman–Crippen LogP) is 2.35. The third-order valence-corrected chi connectivity index (χ3v) is 4.09. The van der Waals surface area contributed by atoms with Crippen LogP contribution < -0.4 is 0 Å². The summed E-state index contributed by atoms with van der Waals surface area (Å²) in [4.78, 5) is 18.5. The molecule has 0 bridgehead atoms. The zero-order valence-electron chi connectivity index (χ0n) is 12.6. The molecule has 22 heavy (non-hydrogen) atoms. The lowest BCUT2D eigenvalue weighted by Crippen LogP contribution is -2.39. The minimum atomic E-state index is -0.374. The Morgan fingerprint density at radius 3 is 2.82 bits per heavy atom. The van der Waals surface area contributed by atoms with Crippen molar-refractivity contribution in [2.24, 2.45) is 5.92 Å². The highest BCUT2D eigenvalue weighted by atomic mass is 19.1. The normalized spacial score (nSPS) is 16.0. The van der Waals surface area contributed by atoms with E-state index in [1.165, 1.54) is 12.1 Å². The van der Waals surface area contributed by atoms with Crippen LogP contribution in [-0.4, -0.2) is 39.1 Å². The van der Waals surface area contributed by atoms with Gasteiger partial charge in [0, 0.05) is 25.1 Å². The Kier molecular flexibility index (Phi) is 4.18. The van der Waals surface area contributed by atoms with E-state index in [2.05, 4.69) is 15.2 Å². The van der Waals surface area contributed by atoms with Crippen molar-refractivity contribution in [2.75, 3.05) is 13.1 Å². The Labute approximate surface area is 128 Å². The van der Waals surface area contributed by atoms with Crippen molar-refractivity contribution in [2.45, 2.75) is 26.2 Å². The van der Waals surface area contributed by atoms with Gasteiger partial charge in [0.05, 0.1) is 0 Å². The molecule has 2 aromatic rings. The number of halogens is 1. The van der Waals surface area contributed by atoms with E-state index in [4.69, 9.17) is 0 Å². The molecule has 1 saturated heterocycles. The summed E-state index contributed by atoms with van der Waals surface area (Å²) in [6, 6.07) is 5.88. The summed E-state index contributed by atoms with van der Waals surface area (Å²) in [5.74, 6) is 1.69. The SMILES string of the molecule is Cc1nc(CC2CCN(C(=O)c3cccc(F)c3)CC2)n[nH]1. The lowest BCUT2D eigenvalue weighted by atomic mass is 9.93. The number of nitrogens with one attached hydrogen (secondary N) is 1. The van der Waals surface area contributed by atoms with E-state index in [1.807, 2.05) is 6.92 Å². The van der Waals surface area contributed by atoms with Gasteiger partial charge < -0.3 is 4.90 Å². The molecule has 0 aliphatic carbocycles. The predicted molar refractivity (Wildman–Crippen MR) is 79.9 cm³/mol. The van der Waals surface area contributed by atoms with Gasteiger partial charge in [-0.1, -0.05) is 6.07 Å². The van der Waals surface area contributed by atoms with Crippen LogP contribution in [0.2, 0.25) is 0 Å². The number of aromatic nitrogens is 3. The first-order valence-electron chi connectivity index (χ1n) is 7.54. The number of hydrogen-bond donors (Lipinski definition) is 1. The Morgan fingerprint density at radius 1 is 1.41 bits per heavy atom. The molecule has 6 heteroatoms. The minimum Gasteiger partial charge on any atom is -0.339 e. The highest BCUT2D eigenvalue weighted by Gasteiger charge is 2.24. The third kappa shape index (κ3) is 3.32. The zero-order valence-corrected chi connectivity index (χ0v) is 12.6. The van der Waals surface area contributed by atoms with Gasteiger partial charge in [0.2, 0.25) is 0 Å². The van der Waals surface area contributed by atoms with E-state index < -0.39 is 0 Å². The van der Waals surface area contributed by atoms with E-state index in [1.54, 1.807) is 17.0 Å². The van der Waals surface area contributed by atoms with Gasteiger partial charge in [-0.15, -0.1) is 0 Å². The van der Waals surface area contributed by atoms with Crippen molar-refractivity contribution in [1.29, 1.82) is 0 Å². The van der Waals surface area contributed by atoms with E-state index >= 15 is 0 Å². The van der Waals surface area contributed by atoms with Crippen molar-refractivity contribution in [3.05, 3.63) is 47.3 Å². The van der Waals surface area contributed by atoms with Crippen molar-refractivity contribution < 1.29 is 9.18 Å². The molecule has 1 aliphatic rings. The van der Waals surface area contributed by atoms with Gasteiger partial charge in [-0.25, -0.2) is 9.37 Å². The van der Waals surface area contributed by atoms with Gasteiger partial charge in [0.25, 0.3) is 5.91 Å². The number of rotatable bonds is 3. The maximum absolute atomic E-state index is 13.2. The van der Waals surface area contributed by atoms with Crippen LogP contribution in [0.4, 0.5) is 4.39 Å². The lowest BCUT2D eigenvalue weighted by Gasteiger charge is -2.31. The Balaban J connectivity index is 1.56. The summed E-state index contributed by atoms with van der Waals surface area (Å²) in [6.07, 6.45) is 2.69. The highest BCUT2D eigenvalue weighted by Crippen LogP contribution is 2.22. The molecule has 0 saturated carbocycles. The third-order valence-electron chi connectivity index (χ3n) is 4.09. The molecule has 116 valence electrons. The van der Waals surface area contributed by atoms with E-state index in [0.29, 0.717) is 24.6 Å². The number of aryl methyl sites for hydroxylation is 1. The number of nitrogens with zero attached hydrogens (tertiary/aromatic N) is 3. The maximum Gasteiger partial charge on any atom is 0.253 e. The smallest absolute Gasteiger partial charge is 0.253 e. The second-order valence-electron chi connectivity index (χ2n) is 5.79. The largest absolute Gasteiger partial charge is 0.339 e. The molecule has 0 unspecified atom stereocenters. The quantitative estimate of drug-likeness (QED) is 0.946. The number of amides is 1. The van der Waals surface area contributed by atoms with E-state index in [-0.39, 0.29) is 11.7 Å². The molecule has 0 radical (unpaired) electrons. The molecular weight excluding hydrogens is 283 g/mol. The zero-order chi connectivity index (χ0) is 15.5. The second-order valence-corrected chi connectivity index (χ2v) is 5.79. The van der Waals surface area contributed by atoms with E-state index in [0.717, 1.165) is 30.9 Å². The monoisotopic (exact) mass is 302 g/mol. The molecule has 1 amide bonds. The number of likely N-dealkylation sites (tertiary alicyclic amines) is 1. The van der Waals surface area contributed by atoms with Gasteiger partial charge in [-0.2, -0.15) is 5.10 Å². The number of benzene rings is 1. The molecule has 1 fully saturated rings. The summed E-state index contributed by atoms with van der Waals surface area (Å²) in [5.41, 5.74) is 0.419. The van der Waals surface area contributed by atoms with Crippen LogP contribution in [0.25, 0.3) is 0 Å². The van der Waals surface area contributed by atoms with Crippen LogP contribution in [0.15, 0.2) is 24.3 Å². The highest BCUT2D eigenvalue weighted by molar-refractivity contribution is 5.94. The average Bonchev–Trinajstić information content (AvgIpc) is 2.92. The number of aromatic amines is 1. The fraction of sp³-hybridized carbons (Fsp3) is 0.438. The molecule has 1 aromatic carbocycles. The van der Waals surface area contributed by atoms with Crippen LogP contribution in [0.1, 0.15) is 34.8 Å². The summed E-state index contributed by atoms with van der Waals surface area (Å²) in [5, 5.41) is 7.01. The Hall–Kier alpha value is -2.24. The first-order chi connectivity index (χ1) is 10.6. The molecule has 0 atom stereocenters. The molecule has 1 N–H and O–H groups in total. The van der Waals surface area contributed by atoms with Crippen LogP contribution in [0.3, 0.4) is 0 Å². The second kappa shape index (κ2) is 6.25. The topological polar surface area (TPSA) is 61.9 Å². The Bertz CT molecular complexity index is 662. The van der Waals surface area contributed by atoms with Gasteiger partial charge >= 0.3 is 0 Å². The number of carbonyl (C=O) groups is 1. The maximum atomic E-state index is 13.2. The van der Waals surface area contributed by atoms with Gasteiger partial charge in [-0.05, 0) is 43.9 Å². The Morgan fingerprint density at radius 2 is 2.18 bits per heavy atom. The van der Waals surface area contributed by atoms with Crippen LogP contribution in [0, 0.1) is 18.7 Å². The van der Waals surface area contributed by atoms with Crippen molar-refractivity contribution in [1.82, 2.24) is 20.1 Å². The standard InChI is InChI=1S/C16H19FN4O/c1-11-18-15(20-19-11)9-12-5-7-21(8-6-12)16(22)13-3-2-4-14(17)10-13/h2-4,10,12H,5-9H2,1H3,(H,18,19,20). The average molecular weight is 302 g/mol. The molecule has 1 aliphatic heterocycles. The molecule has 0 spiro atoms. The number of piperidine rings is 1. The number of hydrogen-bond acceptors (Lipinski definition) is 3. The summed E-state index contributed by atoms with van der Waals surface area (Å²) in [7, 11) is 0. The fourth-order valence-corrected chi connectivity index (χ4v) is 2.88. The first-order valence-corrected chi connectivity index (χ1v) is 7.54. The van der Waals surface area contributed by atoms with E-state index in [9.17, 15) is 9.18 Å². The molecule has 1 aromatic heterocycles. The van der Waals surface area contributed by atoms with Crippen molar-refractivity contribution in [3.63, 3.8) is 0 Å². The number of carbonyl (C=O) groups excluding carboxylic acids is 1. The minimum absolute atomic E-state index is 0.0910. The molecule has 2 heterocycles. The molecule has 3 rings (SSSR count). The van der Waals surface area contributed by atoms with Gasteiger partial charge in [0.15, 0.2) is 5.82 Å². The fourth-order valence-electron chi connectivity index (χ4n) is 2.88. The van der Waals surface area contributed by atoms with Crippen molar-refractivity contribution >= 4 is 5.91 Å². The molecule has 5 nitrogen and oxygen atoms in total. The summed E-state index contributed by atoms with van der Waals surface area (Å²) in [6.45, 7) is 3.28. The van der Waals surface area contributed by atoms with Gasteiger partial charge in [0.1, 0.15) is 11.6 Å². The summed E-state index contributed by atoms with van der Waals surface area (Å²) < 4.78 is 13.2. The van der Waals surface area contributed by atoms with Crippen LogP contribution in [-0.2, 0) is 6.42 Å². The van der Waals surface area contributed by atoms with Crippen LogP contribution >= 0.6 is 0 Å². The number of H-pyrrole nitrogens is 1. The lowest BCUT2D eigenvalue weighted by molar-refractivity contribution is 0.0689. The van der Waals surface area contributed by atoms with Gasteiger partial charge in [-0.3, -0.25) is 9.89 Å².